The number of aromatic nitrogens is 1. The number of rotatable bonds is 3. The lowest BCUT2D eigenvalue weighted by Gasteiger charge is -2.27. The predicted molar refractivity (Wildman–Crippen MR) is 84.6 cm³/mol. The topological polar surface area (TPSA) is 63.2 Å². The zero-order valence-corrected chi connectivity index (χ0v) is 14.5. The minimum atomic E-state index is -0.349. The zero-order chi connectivity index (χ0) is 15.8. The molecule has 1 aliphatic heterocycles. The van der Waals surface area contributed by atoms with Crippen LogP contribution in [0.4, 0.5) is 4.79 Å². The summed E-state index contributed by atoms with van der Waals surface area (Å²) in [6, 6.07) is -0.142. The number of carbonyl (C=O) groups is 1. The Labute approximate surface area is 130 Å². The Hall–Kier alpha value is -1.14. The van der Waals surface area contributed by atoms with Gasteiger partial charge in [-0.2, -0.15) is 0 Å². The highest BCUT2D eigenvalue weighted by atomic mass is 32.1. The van der Waals surface area contributed by atoms with Crippen molar-refractivity contribution in [3.8, 4) is 0 Å². The van der Waals surface area contributed by atoms with Crippen molar-refractivity contribution in [3.05, 3.63) is 15.6 Å². The highest BCUT2D eigenvalue weighted by Crippen LogP contribution is 2.37. The average Bonchev–Trinajstić information content (AvgIpc) is 2.72. The predicted octanol–water partition coefficient (Wildman–Crippen LogP) is 2.91. The van der Waals surface area contributed by atoms with Crippen LogP contribution in [0.5, 0.6) is 0 Å². The number of ether oxygens (including phenoxy) is 1. The van der Waals surface area contributed by atoms with E-state index in [1.54, 1.807) is 11.3 Å². The van der Waals surface area contributed by atoms with Crippen LogP contribution in [0, 0.1) is 13.8 Å². The van der Waals surface area contributed by atoms with Gasteiger partial charge in [0.05, 0.1) is 34.5 Å². The van der Waals surface area contributed by atoms with Gasteiger partial charge in [0.25, 0.3) is 0 Å². The first-order valence-corrected chi connectivity index (χ1v) is 8.08. The maximum atomic E-state index is 12.1. The first-order valence-electron chi connectivity index (χ1n) is 7.26. The molecule has 2 amide bonds. The van der Waals surface area contributed by atoms with Gasteiger partial charge in [0.2, 0.25) is 0 Å². The Kier molecular flexibility index (Phi) is 4.31. The third kappa shape index (κ3) is 3.95. The van der Waals surface area contributed by atoms with E-state index in [1.807, 2.05) is 27.7 Å². The number of nitrogens with zero attached hydrogens (tertiary/aromatic N) is 1. The molecule has 1 aromatic rings. The quantitative estimate of drug-likeness (QED) is 0.902. The summed E-state index contributed by atoms with van der Waals surface area (Å²) in [6.07, 6.45) is 0.812. The SMILES string of the molecule is Cc1nc(C)c(CNC(=O)N[C@H]2CC(C)(C)OC2(C)C)s1. The molecule has 21 heavy (non-hydrogen) atoms. The van der Waals surface area contributed by atoms with Crippen molar-refractivity contribution in [1.82, 2.24) is 15.6 Å². The Bertz CT molecular complexity index is 537. The second kappa shape index (κ2) is 5.57. The van der Waals surface area contributed by atoms with Crippen LogP contribution in [0.15, 0.2) is 0 Å². The zero-order valence-electron chi connectivity index (χ0n) is 13.7. The third-order valence-corrected chi connectivity index (χ3v) is 4.86. The molecule has 1 atom stereocenters. The van der Waals surface area contributed by atoms with Gasteiger partial charge < -0.3 is 15.4 Å². The molecule has 1 aliphatic rings. The van der Waals surface area contributed by atoms with Crippen LogP contribution in [-0.4, -0.2) is 28.3 Å². The Morgan fingerprint density at radius 2 is 2.05 bits per heavy atom. The lowest BCUT2D eigenvalue weighted by atomic mass is 9.95. The number of carbonyl (C=O) groups excluding carboxylic acids is 1. The lowest BCUT2D eigenvalue weighted by molar-refractivity contribution is -0.0690. The molecule has 118 valence electrons. The van der Waals surface area contributed by atoms with Crippen molar-refractivity contribution in [2.45, 2.75) is 71.8 Å². The number of hydrogen-bond acceptors (Lipinski definition) is 4. The summed E-state index contributed by atoms with van der Waals surface area (Å²) in [5.74, 6) is 0. The third-order valence-electron chi connectivity index (χ3n) is 3.79. The fourth-order valence-electron chi connectivity index (χ4n) is 2.89. The van der Waals surface area contributed by atoms with Crippen LogP contribution in [0.2, 0.25) is 0 Å². The smallest absolute Gasteiger partial charge is 0.315 e. The maximum Gasteiger partial charge on any atom is 0.315 e. The molecule has 1 fully saturated rings. The summed E-state index contributed by atoms with van der Waals surface area (Å²) in [5, 5.41) is 6.97. The van der Waals surface area contributed by atoms with Gasteiger partial charge in [0.1, 0.15) is 0 Å². The van der Waals surface area contributed by atoms with E-state index in [4.69, 9.17) is 4.74 Å². The van der Waals surface area contributed by atoms with Gasteiger partial charge in [-0.15, -0.1) is 11.3 Å². The minimum Gasteiger partial charge on any atom is -0.367 e. The molecule has 0 bridgehead atoms. The van der Waals surface area contributed by atoms with Gasteiger partial charge in [-0.3, -0.25) is 0 Å². The summed E-state index contributed by atoms with van der Waals surface area (Å²) in [5.41, 5.74) is 0.438. The molecule has 1 saturated heterocycles. The summed E-state index contributed by atoms with van der Waals surface area (Å²) in [6.45, 7) is 12.6. The lowest BCUT2D eigenvalue weighted by Crippen LogP contribution is -2.49. The molecule has 6 heteroatoms. The molecule has 0 unspecified atom stereocenters. The van der Waals surface area contributed by atoms with Crippen LogP contribution in [0.25, 0.3) is 0 Å². The summed E-state index contributed by atoms with van der Waals surface area (Å²) < 4.78 is 5.98. The highest BCUT2D eigenvalue weighted by molar-refractivity contribution is 7.11. The number of urea groups is 1. The molecule has 2 heterocycles. The van der Waals surface area contributed by atoms with Gasteiger partial charge in [-0.05, 0) is 48.0 Å². The van der Waals surface area contributed by atoms with Gasteiger partial charge in [-0.1, -0.05) is 0 Å². The largest absolute Gasteiger partial charge is 0.367 e. The first kappa shape index (κ1) is 16.2. The second-order valence-corrected chi connectivity index (χ2v) is 8.08. The van der Waals surface area contributed by atoms with Crippen LogP contribution in [-0.2, 0) is 11.3 Å². The van der Waals surface area contributed by atoms with Crippen molar-refractivity contribution < 1.29 is 9.53 Å². The maximum absolute atomic E-state index is 12.1. The van der Waals surface area contributed by atoms with Gasteiger partial charge in [-0.25, -0.2) is 9.78 Å². The van der Waals surface area contributed by atoms with E-state index in [0.717, 1.165) is 22.0 Å². The van der Waals surface area contributed by atoms with Crippen molar-refractivity contribution in [3.63, 3.8) is 0 Å². The van der Waals surface area contributed by atoms with Crippen molar-refractivity contribution in [2.75, 3.05) is 0 Å². The second-order valence-electron chi connectivity index (χ2n) is 6.79. The molecule has 2 rings (SSSR count). The highest BCUT2D eigenvalue weighted by Gasteiger charge is 2.46. The molecule has 0 radical (unpaired) electrons. The molecule has 0 spiro atoms. The van der Waals surface area contributed by atoms with Crippen molar-refractivity contribution in [1.29, 1.82) is 0 Å². The van der Waals surface area contributed by atoms with Gasteiger partial charge in [0.15, 0.2) is 0 Å². The van der Waals surface area contributed by atoms with E-state index >= 15 is 0 Å². The van der Waals surface area contributed by atoms with Crippen LogP contribution in [0.1, 0.15) is 49.7 Å². The minimum absolute atomic E-state index is 0.0109. The van der Waals surface area contributed by atoms with Crippen molar-refractivity contribution in [2.24, 2.45) is 0 Å². The van der Waals surface area contributed by atoms with Crippen LogP contribution >= 0.6 is 11.3 Å². The number of amides is 2. The van der Waals surface area contributed by atoms with Crippen molar-refractivity contribution >= 4 is 17.4 Å². The van der Waals surface area contributed by atoms with E-state index in [-0.39, 0.29) is 23.3 Å². The molecule has 5 nitrogen and oxygen atoms in total. The monoisotopic (exact) mass is 311 g/mol. The first-order chi connectivity index (χ1) is 9.59. The van der Waals surface area contributed by atoms with E-state index in [0.29, 0.717) is 6.54 Å². The van der Waals surface area contributed by atoms with E-state index in [2.05, 4.69) is 29.5 Å². The van der Waals surface area contributed by atoms with Crippen LogP contribution < -0.4 is 10.6 Å². The van der Waals surface area contributed by atoms with Crippen LogP contribution in [0.3, 0.4) is 0 Å². The molecule has 0 saturated carbocycles. The normalized spacial score (nSPS) is 23.0. The number of thiazole rings is 1. The molecule has 0 aliphatic carbocycles. The Morgan fingerprint density at radius 1 is 1.38 bits per heavy atom. The Morgan fingerprint density at radius 3 is 2.52 bits per heavy atom. The van der Waals surface area contributed by atoms with Gasteiger partial charge >= 0.3 is 6.03 Å². The summed E-state index contributed by atoms with van der Waals surface area (Å²) in [4.78, 5) is 17.6. The molecule has 2 N–H and O–H groups in total. The average molecular weight is 311 g/mol. The Balaban J connectivity index is 1.89. The molecule has 1 aromatic heterocycles. The fraction of sp³-hybridized carbons (Fsp3) is 0.733. The standard InChI is InChI=1S/C15H25N3O2S/c1-9-11(21-10(2)17-9)8-16-13(19)18-12-7-14(3,4)20-15(12,5)6/h12H,7-8H2,1-6H3,(H2,16,18,19)/t12-/m0/s1. The number of nitrogens with one attached hydrogen (secondary N) is 2. The van der Waals surface area contributed by atoms with E-state index in [1.165, 1.54) is 0 Å². The number of aryl methyl sites for hydroxylation is 2. The van der Waals surface area contributed by atoms with E-state index in [9.17, 15) is 4.79 Å². The summed E-state index contributed by atoms with van der Waals surface area (Å²) >= 11 is 1.62. The fourth-order valence-corrected chi connectivity index (χ4v) is 3.77. The molecule has 0 aromatic carbocycles. The molecular formula is C15H25N3O2S. The molecular weight excluding hydrogens is 286 g/mol. The number of hydrogen-bond donors (Lipinski definition) is 2. The van der Waals surface area contributed by atoms with Gasteiger partial charge in [0, 0.05) is 4.88 Å². The van der Waals surface area contributed by atoms with E-state index < -0.39 is 0 Å². The summed E-state index contributed by atoms with van der Waals surface area (Å²) in [7, 11) is 0.